The number of nitrogens with zero attached hydrogens (tertiary/aromatic N) is 1. The molecular formula is C27H34Cl2N2O2. The monoisotopic (exact) mass is 488 g/mol. The topological polar surface area (TPSA) is 52.6 Å². The van der Waals surface area contributed by atoms with Crippen molar-refractivity contribution >= 4 is 29.1 Å². The van der Waals surface area contributed by atoms with E-state index < -0.39 is 5.41 Å². The summed E-state index contributed by atoms with van der Waals surface area (Å²) < 4.78 is 0. The second-order valence-electron chi connectivity index (χ2n) is 9.12. The Bertz CT molecular complexity index is 949. The molecule has 0 aromatic heterocycles. The summed E-state index contributed by atoms with van der Waals surface area (Å²) in [6, 6.07) is 15.6. The fourth-order valence-electron chi connectivity index (χ4n) is 5.08. The highest BCUT2D eigenvalue weighted by molar-refractivity contribution is 6.30. The molecule has 33 heavy (non-hydrogen) atoms. The third-order valence-corrected chi connectivity index (χ3v) is 7.21. The molecule has 1 heterocycles. The fraction of sp³-hybridized carbons (Fsp3) is 0.444. The number of amides is 1. The summed E-state index contributed by atoms with van der Waals surface area (Å²) in [6.07, 6.45) is 3.94. The van der Waals surface area contributed by atoms with E-state index in [9.17, 15) is 9.90 Å². The number of halogens is 2. The van der Waals surface area contributed by atoms with Gasteiger partial charge < -0.3 is 15.3 Å². The maximum atomic E-state index is 14.1. The first kappa shape index (κ1) is 25.8. The Hall–Kier alpha value is -1.85. The smallest absolute Gasteiger partial charge is 0.229 e. The molecule has 0 unspecified atom stereocenters. The number of benzene rings is 2. The van der Waals surface area contributed by atoms with E-state index in [-0.39, 0.29) is 30.5 Å². The van der Waals surface area contributed by atoms with Gasteiger partial charge in [0, 0.05) is 35.1 Å². The highest BCUT2D eigenvalue weighted by Crippen LogP contribution is 2.52. The minimum atomic E-state index is -0.567. The molecule has 0 saturated carbocycles. The molecule has 4 atom stereocenters. The van der Waals surface area contributed by atoms with Crippen molar-refractivity contribution < 1.29 is 9.90 Å². The molecule has 2 aromatic carbocycles. The van der Waals surface area contributed by atoms with Gasteiger partial charge in [0.25, 0.3) is 0 Å². The third kappa shape index (κ3) is 5.81. The zero-order valence-electron chi connectivity index (χ0n) is 19.4. The van der Waals surface area contributed by atoms with Crippen molar-refractivity contribution in [3.63, 3.8) is 0 Å². The van der Waals surface area contributed by atoms with Gasteiger partial charge in [-0.05, 0) is 54.7 Å². The van der Waals surface area contributed by atoms with E-state index in [0.717, 1.165) is 17.5 Å². The molecule has 1 fully saturated rings. The van der Waals surface area contributed by atoms with Crippen LogP contribution in [0.25, 0.3) is 0 Å². The minimum absolute atomic E-state index is 0.0316. The fourth-order valence-corrected chi connectivity index (χ4v) is 5.40. The van der Waals surface area contributed by atoms with Crippen LogP contribution in [-0.4, -0.2) is 41.7 Å². The lowest BCUT2D eigenvalue weighted by Crippen LogP contribution is -2.57. The highest BCUT2D eigenvalue weighted by atomic mass is 35.5. The van der Waals surface area contributed by atoms with E-state index in [2.05, 4.69) is 29.8 Å². The number of aliphatic hydroxyl groups excluding tert-OH is 1. The molecule has 2 aromatic rings. The second kappa shape index (κ2) is 11.5. The summed E-state index contributed by atoms with van der Waals surface area (Å²) in [7, 11) is 0. The average Bonchev–Trinajstić information content (AvgIpc) is 2.80. The van der Waals surface area contributed by atoms with Crippen molar-refractivity contribution in [1.82, 2.24) is 10.2 Å². The molecule has 1 saturated heterocycles. The number of hydrogen-bond donors (Lipinski definition) is 2. The van der Waals surface area contributed by atoms with E-state index >= 15 is 0 Å². The Morgan fingerprint density at radius 3 is 2.55 bits per heavy atom. The predicted octanol–water partition coefficient (Wildman–Crippen LogP) is 5.99. The number of rotatable bonds is 10. The van der Waals surface area contributed by atoms with Crippen molar-refractivity contribution in [2.75, 3.05) is 19.7 Å². The molecule has 1 amide bonds. The number of likely N-dealkylation sites (tertiary alicyclic amines) is 1. The number of allylic oxidation sites excluding steroid dienone is 1. The van der Waals surface area contributed by atoms with E-state index in [1.165, 1.54) is 0 Å². The zero-order chi connectivity index (χ0) is 24.0. The Kier molecular flexibility index (Phi) is 9.00. The Labute approximate surface area is 207 Å². The zero-order valence-corrected chi connectivity index (χ0v) is 20.9. The van der Waals surface area contributed by atoms with Gasteiger partial charge in [-0.1, -0.05) is 67.4 Å². The number of aliphatic hydroxyl groups is 1. The molecule has 0 aliphatic carbocycles. The lowest BCUT2D eigenvalue weighted by atomic mass is 9.67. The number of nitrogens with one attached hydrogen (secondary N) is 1. The van der Waals surface area contributed by atoms with Crippen LogP contribution in [0.3, 0.4) is 0 Å². The van der Waals surface area contributed by atoms with Gasteiger partial charge in [0.2, 0.25) is 5.91 Å². The summed E-state index contributed by atoms with van der Waals surface area (Å²) in [6.45, 7) is 9.25. The summed E-state index contributed by atoms with van der Waals surface area (Å²) >= 11 is 12.6. The van der Waals surface area contributed by atoms with Crippen molar-refractivity contribution in [3.8, 4) is 0 Å². The van der Waals surface area contributed by atoms with Crippen molar-refractivity contribution in [2.45, 2.75) is 51.1 Å². The minimum Gasteiger partial charge on any atom is -0.395 e. The summed E-state index contributed by atoms with van der Waals surface area (Å²) in [5, 5.41) is 13.9. The van der Waals surface area contributed by atoms with Gasteiger partial charge in [-0.3, -0.25) is 4.79 Å². The maximum absolute atomic E-state index is 14.1. The molecule has 0 bridgehead atoms. The molecule has 4 nitrogen and oxygen atoms in total. The van der Waals surface area contributed by atoms with E-state index in [0.29, 0.717) is 36.0 Å². The quantitative estimate of drug-likeness (QED) is 0.318. The van der Waals surface area contributed by atoms with Crippen LogP contribution in [0.5, 0.6) is 0 Å². The van der Waals surface area contributed by atoms with Gasteiger partial charge in [0.1, 0.15) is 0 Å². The molecule has 178 valence electrons. The number of hydrogen-bond acceptors (Lipinski definition) is 3. The molecule has 3 rings (SSSR count). The molecular weight excluding hydrogens is 455 g/mol. The number of piperidine rings is 1. The molecule has 1 aliphatic heterocycles. The first-order valence-electron chi connectivity index (χ1n) is 11.6. The first-order valence-corrected chi connectivity index (χ1v) is 12.4. The molecule has 2 N–H and O–H groups in total. The van der Waals surface area contributed by atoms with E-state index in [1.54, 1.807) is 0 Å². The van der Waals surface area contributed by atoms with E-state index in [1.807, 2.05) is 55.5 Å². The second-order valence-corrected chi connectivity index (χ2v) is 9.99. The van der Waals surface area contributed by atoms with Crippen LogP contribution in [-0.2, 0) is 4.79 Å². The van der Waals surface area contributed by atoms with Gasteiger partial charge in [-0.2, -0.15) is 0 Å². The highest BCUT2D eigenvalue weighted by Gasteiger charge is 2.50. The number of carbonyl (C=O) groups excluding carboxylic acids is 1. The van der Waals surface area contributed by atoms with Gasteiger partial charge in [0.15, 0.2) is 0 Å². The summed E-state index contributed by atoms with van der Waals surface area (Å²) in [4.78, 5) is 16.2. The van der Waals surface area contributed by atoms with Gasteiger partial charge in [0.05, 0.1) is 18.1 Å². The first-order chi connectivity index (χ1) is 15.8. The molecule has 0 spiro atoms. The lowest BCUT2D eigenvalue weighted by Gasteiger charge is -2.52. The Balaban J connectivity index is 2.17. The van der Waals surface area contributed by atoms with Crippen LogP contribution in [0.4, 0.5) is 0 Å². The van der Waals surface area contributed by atoms with Gasteiger partial charge in [-0.15, -0.1) is 6.58 Å². The van der Waals surface area contributed by atoms with E-state index in [4.69, 9.17) is 23.2 Å². The van der Waals surface area contributed by atoms with Crippen LogP contribution in [0.1, 0.15) is 56.2 Å². The average molecular weight is 489 g/mol. The Morgan fingerprint density at radius 2 is 1.94 bits per heavy atom. The summed E-state index contributed by atoms with van der Waals surface area (Å²) in [5.41, 5.74) is 1.61. The van der Waals surface area contributed by atoms with Crippen LogP contribution >= 0.6 is 23.2 Å². The van der Waals surface area contributed by atoms with Crippen molar-refractivity contribution in [3.05, 3.63) is 82.4 Å². The van der Waals surface area contributed by atoms with Crippen LogP contribution in [0.2, 0.25) is 10.0 Å². The molecule has 1 aliphatic rings. The van der Waals surface area contributed by atoms with Crippen LogP contribution in [0.15, 0.2) is 61.2 Å². The van der Waals surface area contributed by atoms with Crippen LogP contribution < -0.4 is 5.32 Å². The van der Waals surface area contributed by atoms with Gasteiger partial charge in [-0.25, -0.2) is 0 Å². The van der Waals surface area contributed by atoms with Crippen molar-refractivity contribution in [2.24, 2.45) is 5.41 Å². The maximum Gasteiger partial charge on any atom is 0.229 e. The lowest BCUT2D eigenvalue weighted by molar-refractivity contribution is -0.154. The largest absolute Gasteiger partial charge is 0.395 e. The van der Waals surface area contributed by atoms with Crippen molar-refractivity contribution in [1.29, 1.82) is 0 Å². The Morgan fingerprint density at radius 1 is 1.21 bits per heavy atom. The predicted molar refractivity (Wildman–Crippen MR) is 137 cm³/mol. The van der Waals surface area contributed by atoms with Gasteiger partial charge >= 0.3 is 0 Å². The third-order valence-electron chi connectivity index (χ3n) is 6.72. The summed E-state index contributed by atoms with van der Waals surface area (Å²) in [5.74, 6) is 0.192. The SMILES string of the molecule is C=CC[C@@]1(C)C[C@H](c2cccc(Cl)c2)[C@@H](c2ccc(Cl)cc2)N([C@H](CC)CNCCO)C1=O. The number of carbonyl (C=O) groups is 1. The van der Waals surface area contributed by atoms with Crippen LogP contribution in [0, 0.1) is 5.41 Å². The standard InChI is InChI=1S/C27H34Cl2N2O2/c1-4-13-27(3)17-24(20-7-6-8-22(29)16-20)25(19-9-11-21(28)12-10-19)31(26(27)33)23(5-2)18-30-14-15-32/h4,6-12,16,23-25,30,32H,1,5,13-15,17-18H2,2-3H3/t23-,24-,25-,27+/m1/s1. The molecule has 0 radical (unpaired) electrons. The molecule has 6 heteroatoms. The normalized spacial score (nSPS) is 24.0.